The molecule has 23 heavy (non-hydrogen) atoms. The summed E-state index contributed by atoms with van der Waals surface area (Å²) in [5.41, 5.74) is 1.18. The maximum atomic E-state index is 12.2. The first-order valence-corrected chi connectivity index (χ1v) is 7.58. The Kier molecular flexibility index (Phi) is 3.67. The van der Waals surface area contributed by atoms with Crippen molar-refractivity contribution in [2.45, 2.75) is 25.8 Å². The number of nitrogens with one attached hydrogen (secondary N) is 3. The number of amidine groups is 1. The summed E-state index contributed by atoms with van der Waals surface area (Å²) < 4.78 is 0. The van der Waals surface area contributed by atoms with Gasteiger partial charge in [-0.3, -0.25) is 10.2 Å². The fourth-order valence-corrected chi connectivity index (χ4v) is 2.65. The van der Waals surface area contributed by atoms with Gasteiger partial charge >= 0.3 is 6.03 Å². The Morgan fingerprint density at radius 2 is 2.09 bits per heavy atom. The topological polar surface area (TPSA) is 101 Å². The van der Waals surface area contributed by atoms with Gasteiger partial charge in [-0.05, 0) is 25.8 Å². The molecule has 1 atom stereocenters. The molecule has 3 N–H and O–H groups in total. The number of nitrogens with zero attached hydrogens (tertiary/aromatic N) is 3. The summed E-state index contributed by atoms with van der Waals surface area (Å²) in [6.07, 6.45) is 3.35. The first kappa shape index (κ1) is 15.3. The number of amides is 3. The third kappa shape index (κ3) is 2.49. The van der Waals surface area contributed by atoms with Gasteiger partial charge in [-0.25, -0.2) is 14.7 Å². The smallest absolute Gasteiger partial charge is 0.327 e. The van der Waals surface area contributed by atoms with E-state index in [1.54, 1.807) is 6.07 Å². The van der Waals surface area contributed by atoms with Crippen molar-refractivity contribution in [1.29, 1.82) is 5.41 Å². The first-order chi connectivity index (χ1) is 11.0. The number of pyridine rings is 1. The van der Waals surface area contributed by atoms with E-state index in [2.05, 4.69) is 15.6 Å². The van der Waals surface area contributed by atoms with Crippen LogP contribution in [-0.4, -0.2) is 42.9 Å². The van der Waals surface area contributed by atoms with Gasteiger partial charge in [0.2, 0.25) is 5.91 Å². The fraction of sp³-hybridized carbons (Fsp3) is 0.467. The third-order valence-electron chi connectivity index (χ3n) is 4.32. The van der Waals surface area contributed by atoms with Crippen LogP contribution < -0.4 is 20.4 Å². The molecule has 0 saturated heterocycles. The zero-order valence-electron chi connectivity index (χ0n) is 13.4. The van der Waals surface area contributed by atoms with Crippen LogP contribution in [0.25, 0.3) is 0 Å². The van der Waals surface area contributed by atoms with E-state index >= 15 is 0 Å². The van der Waals surface area contributed by atoms with E-state index in [-0.39, 0.29) is 29.7 Å². The SMILES string of the molecule is CNC(=O)N1C(=N)[C@H](C)N(C)c2c1ccnc2NC(=O)C1CC1. The zero-order valence-corrected chi connectivity index (χ0v) is 13.4. The Bertz CT molecular complexity index is 685. The number of likely N-dealkylation sites (N-methyl/N-ethyl adjacent to an activating group) is 1. The number of hydrogen-bond donors (Lipinski definition) is 3. The number of rotatable bonds is 2. The summed E-state index contributed by atoms with van der Waals surface area (Å²) in [4.78, 5) is 31.7. The lowest BCUT2D eigenvalue weighted by molar-refractivity contribution is -0.117. The van der Waals surface area contributed by atoms with E-state index in [0.29, 0.717) is 17.2 Å². The number of hydrogen-bond acceptors (Lipinski definition) is 5. The van der Waals surface area contributed by atoms with Gasteiger partial charge in [0.1, 0.15) is 11.5 Å². The van der Waals surface area contributed by atoms with Crippen molar-refractivity contribution in [3.63, 3.8) is 0 Å². The summed E-state index contributed by atoms with van der Waals surface area (Å²) in [5, 5.41) is 13.7. The summed E-state index contributed by atoms with van der Waals surface area (Å²) in [6, 6.07) is 0.969. The second-order valence-electron chi connectivity index (χ2n) is 5.85. The Hall–Kier alpha value is -2.64. The highest BCUT2D eigenvalue weighted by atomic mass is 16.2. The number of fused-ring (bicyclic) bond motifs is 1. The highest BCUT2D eigenvalue weighted by Gasteiger charge is 2.37. The van der Waals surface area contributed by atoms with Crippen molar-refractivity contribution >= 4 is 35.0 Å². The van der Waals surface area contributed by atoms with Crippen LogP contribution in [0.5, 0.6) is 0 Å². The molecule has 1 aromatic heterocycles. The number of aromatic nitrogens is 1. The Balaban J connectivity index is 2.06. The molecule has 2 heterocycles. The summed E-state index contributed by atoms with van der Waals surface area (Å²) in [7, 11) is 3.35. The van der Waals surface area contributed by atoms with Crippen molar-refractivity contribution < 1.29 is 9.59 Å². The van der Waals surface area contributed by atoms with Crippen LogP contribution in [-0.2, 0) is 4.79 Å². The van der Waals surface area contributed by atoms with E-state index in [1.165, 1.54) is 18.1 Å². The van der Waals surface area contributed by atoms with Crippen molar-refractivity contribution in [1.82, 2.24) is 10.3 Å². The number of urea groups is 1. The largest absolute Gasteiger partial charge is 0.360 e. The van der Waals surface area contributed by atoms with E-state index in [1.807, 2.05) is 18.9 Å². The molecule has 1 saturated carbocycles. The maximum absolute atomic E-state index is 12.2. The quantitative estimate of drug-likeness (QED) is 0.767. The van der Waals surface area contributed by atoms with Gasteiger partial charge in [0, 0.05) is 26.2 Å². The van der Waals surface area contributed by atoms with Crippen LogP contribution in [0.3, 0.4) is 0 Å². The molecule has 3 amide bonds. The lowest BCUT2D eigenvalue weighted by Crippen LogP contribution is -2.55. The van der Waals surface area contributed by atoms with Gasteiger partial charge in [0.05, 0.1) is 11.7 Å². The lowest BCUT2D eigenvalue weighted by Gasteiger charge is -2.40. The molecule has 8 heteroatoms. The number of carbonyl (C=O) groups excluding carboxylic acids is 2. The van der Waals surface area contributed by atoms with Crippen LogP contribution >= 0.6 is 0 Å². The van der Waals surface area contributed by atoms with Gasteiger partial charge in [-0.15, -0.1) is 0 Å². The fourth-order valence-electron chi connectivity index (χ4n) is 2.65. The van der Waals surface area contributed by atoms with E-state index in [9.17, 15) is 9.59 Å². The van der Waals surface area contributed by atoms with E-state index in [0.717, 1.165) is 12.8 Å². The summed E-state index contributed by atoms with van der Waals surface area (Å²) >= 11 is 0. The van der Waals surface area contributed by atoms with Crippen LogP contribution in [0.2, 0.25) is 0 Å². The minimum Gasteiger partial charge on any atom is -0.360 e. The summed E-state index contributed by atoms with van der Waals surface area (Å²) in [6.45, 7) is 1.83. The molecule has 0 aromatic carbocycles. The Morgan fingerprint density at radius 1 is 1.39 bits per heavy atom. The Morgan fingerprint density at radius 3 is 2.70 bits per heavy atom. The van der Waals surface area contributed by atoms with Gasteiger partial charge in [-0.1, -0.05) is 0 Å². The average molecular weight is 316 g/mol. The standard InChI is InChI=1S/C15H20N6O2/c1-8-12(16)21(15(23)17-2)10-6-7-18-13(11(10)20(8)3)19-14(22)9-4-5-9/h6-9,16H,4-5H2,1-3H3,(H,17,23)(H,18,19,22)/t8-/m0/s1. The van der Waals surface area contributed by atoms with Gasteiger partial charge in [-0.2, -0.15) is 0 Å². The molecule has 122 valence electrons. The highest BCUT2D eigenvalue weighted by molar-refractivity contribution is 6.22. The molecule has 0 bridgehead atoms. The Labute approximate surface area is 134 Å². The van der Waals surface area contributed by atoms with Crippen molar-refractivity contribution in [2.75, 3.05) is 29.2 Å². The molecule has 8 nitrogen and oxygen atoms in total. The lowest BCUT2D eigenvalue weighted by atomic mass is 10.1. The minimum atomic E-state index is -0.387. The van der Waals surface area contributed by atoms with Crippen LogP contribution in [0, 0.1) is 11.3 Å². The van der Waals surface area contributed by atoms with E-state index < -0.39 is 0 Å². The third-order valence-corrected chi connectivity index (χ3v) is 4.32. The van der Waals surface area contributed by atoms with Crippen LogP contribution in [0.15, 0.2) is 12.3 Å². The molecule has 2 aliphatic rings. The maximum Gasteiger partial charge on any atom is 0.327 e. The molecule has 1 aliphatic carbocycles. The predicted molar refractivity (Wildman–Crippen MR) is 88.1 cm³/mol. The average Bonchev–Trinajstić information content (AvgIpc) is 3.37. The van der Waals surface area contributed by atoms with Crippen LogP contribution in [0.4, 0.5) is 22.0 Å². The van der Waals surface area contributed by atoms with E-state index in [4.69, 9.17) is 5.41 Å². The predicted octanol–water partition coefficient (Wildman–Crippen LogP) is 1.39. The molecule has 0 radical (unpaired) electrons. The molecule has 1 fully saturated rings. The molecular weight excluding hydrogens is 296 g/mol. The zero-order chi connectivity index (χ0) is 16.7. The van der Waals surface area contributed by atoms with Gasteiger partial charge < -0.3 is 15.5 Å². The monoisotopic (exact) mass is 316 g/mol. The van der Waals surface area contributed by atoms with Gasteiger partial charge in [0.25, 0.3) is 0 Å². The molecule has 0 unspecified atom stereocenters. The van der Waals surface area contributed by atoms with Gasteiger partial charge in [0.15, 0.2) is 5.82 Å². The normalized spacial score (nSPS) is 20.1. The highest BCUT2D eigenvalue weighted by Crippen LogP contribution is 2.40. The second kappa shape index (κ2) is 5.53. The molecule has 3 rings (SSSR count). The molecule has 0 spiro atoms. The molecule has 1 aromatic rings. The number of anilines is 3. The number of carbonyl (C=O) groups is 2. The van der Waals surface area contributed by atoms with Crippen molar-refractivity contribution in [3.8, 4) is 0 Å². The van der Waals surface area contributed by atoms with Crippen molar-refractivity contribution in [3.05, 3.63) is 12.3 Å². The molecular formula is C15H20N6O2. The molecule has 1 aliphatic heterocycles. The minimum absolute atomic E-state index is 0.0425. The van der Waals surface area contributed by atoms with Crippen molar-refractivity contribution in [2.24, 2.45) is 5.92 Å². The van der Waals surface area contributed by atoms with Crippen LogP contribution in [0.1, 0.15) is 19.8 Å². The first-order valence-electron chi connectivity index (χ1n) is 7.58. The summed E-state index contributed by atoms with van der Waals surface area (Å²) in [5.74, 6) is 0.617. The second-order valence-corrected chi connectivity index (χ2v) is 5.85.